The van der Waals surface area contributed by atoms with E-state index in [0.717, 1.165) is 24.1 Å². The molecule has 0 atom stereocenters. The average Bonchev–Trinajstić information content (AvgIpc) is 2.60. The van der Waals surface area contributed by atoms with Gasteiger partial charge >= 0.3 is 0 Å². The predicted molar refractivity (Wildman–Crippen MR) is 105 cm³/mol. The maximum absolute atomic E-state index is 11.8. The molecular weight excluding hydrogens is 348 g/mol. The number of ether oxygens (including phenoxy) is 1. The van der Waals surface area contributed by atoms with Crippen LogP contribution in [0.5, 0.6) is 0 Å². The Morgan fingerprint density at radius 2 is 1.88 bits per heavy atom. The predicted octanol–water partition coefficient (Wildman–Crippen LogP) is 4.16. The molecule has 0 radical (unpaired) electrons. The van der Waals surface area contributed by atoms with Crippen molar-refractivity contribution in [2.45, 2.75) is 20.3 Å². The second-order valence-corrected chi connectivity index (χ2v) is 7.72. The highest BCUT2D eigenvalue weighted by atomic mass is 32.2. The van der Waals surface area contributed by atoms with Gasteiger partial charge in [0.1, 0.15) is 17.6 Å². The van der Waals surface area contributed by atoms with Crippen LogP contribution < -0.4 is 5.32 Å². The molecule has 6 heteroatoms. The summed E-state index contributed by atoms with van der Waals surface area (Å²) in [6.45, 7) is 4.80. The van der Waals surface area contributed by atoms with E-state index in [1.807, 2.05) is 44.2 Å². The van der Waals surface area contributed by atoms with Crippen molar-refractivity contribution >= 4 is 21.6 Å². The molecule has 26 heavy (non-hydrogen) atoms. The van der Waals surface area contributed by atoms with Crippen LogP contribution in [0.4, 0.5) is 5.69 Å². The van der Waals surface area contributed by atoms with Crippen molar-refractivity contribution in [2.24, 2.45) is 0 Å². The smallest absolute Gasteiger partial charge is 0.186 e. The van der Waals surface area contributed by atoms with Crippen LogP contribution in [0, 0.1) is 11.3 Å². The summed E-state index contributed by atoms with van der Waals surface area (Å²) in [5, 5.41) is 12.5. The normalized spacial score (nSPS) is 16.4. The van der Waals surface area contributed by atoms with Crippen LogP contribution in [0.1, 0.15) is 25.8 Å². The van der Waals surface area contributed by atoms with Crippen molar-refractivity contribution in [1.29, 1.82) is 5.26 Å². The summed E-state index contributed by atoms with van der Waals surface area (Å²) in [4.78, 5) is -0.257. The van der Waals surface area contributed by atoms with Crippen LogP contribution in [-0.4, -0.2) is 21.2 Å². The van der Waals surface area contributed by atoms with Crippen LogP contribution >= 0.6 is 0 Å². The Labute approximate surface area is 154 Å². The van der Waals surface area contributed by atoms with Crippen molar-refractivity contribution in [2.75, 3.05) is 18.1 Å². The molecule has 1 aromatic rings. The zero-order chi connectivity index (χ0) is 19.2. The number of nitrogens with one attached hydrogen (secondary N) is 1. The summed E-state index contributed by atoms with van der Waals surface area (Å²) < 4.78 is 29.4. The first kappa shape index (κ1) is 19.5. The molecule has 0 amide bonds. The molecule has 0 spiro atoms. The molecule has 5 nitrogen and oxygen atoms in total. The topological polar surface area (TPSA) is 79.2 Å². The number of hydrogen-bond acceptors (Lipinski definition) is 5. The lowest BCUT2D eigenvalue weighted by atomic mass is 10.1. The van der Waals surface area contributed by atoms with E-state index in [-0.39, 0.29) is 4.91 Å². The maximum Gasteiger partial charge on any atom is 0.186 e. The number of allylic oxidation sites excluding steroid dienone is 6. The van der Waals surface area contributed by atoms with E-state index in [9.17, 15) is 13.7 Å². The van der Waals surface area contributed by atoms with Gasteiger partial charge in [0, 0.05) is 30.5 Å². The lowest BCUT2D eigenvalue weighted by Gasteiger charge is -2.16. The van der Waals surface area contributed by atoms with Gasteiger partial charge < -0.3 is 10.1 Å². The van der Waals surface area contributed by atoms with Gasteiger partial charge in [-0.15, -0.1) is 0 Å². The van der Waals surface area contributed by atoms with E-state index >= 15 is 0 Å². The number of benzene rings is 1. The Bertz CT molecular complexity index is 928. The van der Waals surface area contributed by atoms with Gasteiger partial charge in [0.2, 0.25) is 0 Å². The molecule has 1 heterocycles. The minimum Gasteiger partial charge on any atom is -0.462 e. The summed E-state index contributed by atoms with van der Waals surface area (Å²) in [7, 11) is -3.60. The molecule has 136 valence electrons. The maximum atomic E-state index is 11.8. The molecule has 1 aromatic carbocycles. The standard InChI is InChI=1S/C20H22N2O3S/c1-4-18-12-16(20(14-21)26(3,23)24)13-19(25-18)11-8-15-6-9-17(10-7-15)22-5-2/h6-13,22H,4-5H2,1-3H3/b11-8?,20-16-. The van der Waals surface area contributed by atoms with Gasteiger partial charge in [0.15, 0.2) is 14.7 Å². The number of sulfone groups is 1. The molecule has 0 fully saturated rings. The van der Waals surface area contributed by atoms with Crippen molar-refractivity contribution < 1.29 is 13.2 Å². The van der Waals surface area contributed by atoms with Crippen LogP contribution in [0.2, 0.25) is 0 Å². The van der Waals surface area contributed by atoms with Crippen LogP contribution in [0.15, 0.2) is 64.5 Å². The molecule has 2 rings (SSSR count). The molecular formula is C20H22N2O3S. The minimum absolute atomic E-state index is 0.257. The first-order valence-corrected chi connectivity index (χ1v) is 10.2. The fourth-order valence-electron chi connectivity index (χ4n) is 2.42. The molecule has 1 aliphatic heterocycles. The third-order valence-electron chi connectivity index (χ3n) is 3.68. The Balaban J connectivity index is 2.34. The highest BCUT2D eigenvalue weighted by molar-refractivity contribution is 7.94. The number of anilines is 1. The van der Waals surface area contributed by atoms with E-state index in [2.05, 4.69) is 5.32 Å². The van der Waals surface area contributed by atoms with Crippen molar-refractivity contribution in [3.63, 3.8) is 0 Å². The van der Waals surface area contributed by atoms with Crippen molar-refractivity contribution in [1.82, 2.24) is 0 Å². The first-order chi connectivity index (χ1) is 12.4. The second-order valence-electron chi connectivity index (χ2n) is 5.77. The lowest BCUT2D eigenvalue weighted by Crippen LogP contribution is -2.05. The summed E-state index contributed by atoms with van der Waals surface area (Å²) in [5.41, 5.74) is 2.38. The second kappa shape index (κ2) is 8.54. The monoisotopic (exact) mass is 370 g/mol. The summed E-state index contributed by atoms with van der Waals surface area (Å²) in [6, 6.07) is 9.71. The molecule has 1 aliphatic rings. The van der Waals surface area contributed by atoms with Gasteiger partial charge in [0.25, 0.3) is 0 Å². The molecule has 0 saturated heterocycles. The van der Waals surface area contributed by atoms with Gasteiger partial charge in [0.05, 0.1) is 0 Å². The van der Waals surface area contributed by atoms with Crippen LogP contribution in [0.3, 0.4) is 0 Å². The van der Waals surface area contributed by atoms with Gasteiger partial charge in [-0.3, -0.25) is 0 Å². The number of nitriles is 1. The highest BCUT2D eigenvalue weighted by Crippen LogP contribution is 2.26. The highest BCUT2D eigenvalue weighted by Gasteiger charge is 2.19. The van der Waals surface area contributed by atoms with E-state index in [4.69, 9.17) is 4.74 Å². The van der Waals surface area contributed by atoms with Crippen LogP contribution in [0.25, 0.3) is 6.08 Å². The minimum atomic E-state index is -3.60. The van der Waals surface area contributed by atoms with E-state index in [1.165, 1.54) is 0 Å². The van der Waals surface area contributed by atoms with Crippen molar-refractivity contribution in [3.8, 4) is 6.07 Å². The summed E-state index contributed by atoms with van der Waals surface area (Å²) in [6.07, 6.45) is 8.44. The SMILES string of the molecule is CCNc1ccc(C=CC2=C/C(=C(/C#N)S(C)(=O)=O)C=C(CC)O2)cc1. The first-order valence-electron chi connectivity index (χ1n) is 8.34. The Morgan fingerprint density at radius 3 is 2.42 bits per heavy atom. The quantitative estimate of drug-likeness (QED) is 0.761. The van der Waals surface area contributed by atoms with Gasteiger partial charge in [-0.2, -0.15) is 5.26 Å². The molecule has 1 N–H and O–H groups in total. The van der Waals surface area contributed by atoms with Crippen molar-refractivity contribution in [3.05, 3.63) is 70.1 Å². The Morgan fingerprint density at radius 1 is 1.19 bits per heavy atom. The molecule has 0 bridgehead atoms. The third-order valence-corrected chi connectivity index (χ3v) is 4.75. The molecule has 0 aliphatic carbocycles. The third kappa shape index (κ3) is 5.11. The Kier molecular flexibility index (Phi) is 6.42. The number of hydrogen-bond donors (Lipinski definition) is 1. The van der Waals surface area contributed by atoms with E-state index < -0.39 is 9.84 Å². The van der Waals surface area contributed by atoms with Gasteiger partial charge in [-0.05, 0) is 42.8 Å². The fourth-order valence-corrected chi connectivity index (χ4v) is 3.13. The number of rotatable bonds is 6. The summed E-state index contributed by atoms with van der Waals surface area (Å²) >= 11 is 0. The zero-order valence-electron chi connectivity index (χ0n) is 15.1. The molecule has 0 unspecified atom stereocenters. The summed E-state index contributed by atoms with van der Waals surface area (Å²) in [5.74, 6) is 1.10. The fraction of sp³-hybridized carbons (Fsp3) is 0.250. The average molecular weight is 370 g/mol. The van der Waals surface area contributed by atoms with E-state index in [1.54, 1.807) is 24.3 Å². The zero-order valence-corrected chi connectivity index (χ0v) is 15.9. The van der Waals surface area contributed by atoms with Gasteiger partial charge in [-0.1, -0.05) is 25.1 Å². The Hall–Kier alpha value is -2.78. The number of nitrogens with zero attached hydrogens (tertiary/aromatic N) is 1. The van der Waals surface area contributed by atoms with E-state index in [0.29, 0.717) is 23.5 Å². The lowest BCUT2D eigenvalue weighted by molar-refractivity contribution is 0.304. The van der Waals surface area contributed by atoms with Gasteiger partial charge in [-0.25, -0.2) is 8.42 Å². The molecule has 0 saturated carbocycles. The van der Waals surface area contributed by atoms with Crippen LogP contribution in [-0.2, 0) is 14.6 Å². The molecule has 0 aromatic heterocycles. The largest absolute Gasteiger partial charge is 0.462 e.